The maximum Gasteiger partial charge on any atom is 0.407 e. The largest absolute Gasteiger partial charge is 0.496 e. The lowest BCUT2D eigenvalue weighted by molar-refractivity contribution is 0.0759. The normalized spacial score (nSPS) is 13.1. The van der Waals surface area contributed by atoms with Crippen molar-refractivity contribution >= 4 is 6.09 Å². The predicted octanol–water partition coefficient (Wildman–Crippen LogP) is 2.95. The zero-order valence-corrected chi connectivity index (χ0v) is 14.6. The number of ether oxygens (including phenoxy) is 2. The molecule has 2 aromatic rings. The summed E-state index contributed by atoms with van der Waals surface area (Å²) in [6.07, 6.45) is -5.06. The molecule has 0 aromatic heterocycles. The van der Waals surface area contributed by atoms with E-state index in [9.17, 15) is 23.8 Å². The van der Waals surface area contributed by atoms with Gasteiger partial charge in [0.05, 0.1) is 25.3 Å². The molecule has 1 unspecified atom stereocenters. The van der Waals surface area contributed by atoms with Crippen molar-refractivity contribution in [2.24, 2.45) is 0 Å². The lowest BCUT2D eigenvalue weighted by atomic mass is 10.00. The van der Waals surface area contributed by atoms with Gasteiger partial charge >= 0.3 is 6.09 Å². The zero-order chi connectivity index (χ0) is 19.8. The Labute approximate surface area is 155 Å². The van der Waals surface area contributed by atoms with Crippen LogP contribution in [0.1, 0.15) is 29.2 Å². The molecule has 1 amide bonds. The summed E-state index contributed by atoms with van der Waals surface area (Å²) in [5, 5.41) is 22.2. The van der Waals surface area contributed by atoms with Gasteiger partial charge in [-0.1, -0.05) is 36.4 Å². The number of rotatable bonds is 8. The van der Waals surface area contributed by atoms with Gasteiger partial charge in [-0.3, -0.25) is 0 Å². The molecule has 2 rings (SSSR count). The Bertz CT molecular complexity index is 742. The second-order valence-corrected chi connectivity index (χ2v) is 5.74. The van der Waals surface area contributed by atoms with Gasteiger partial charge in [-0.2, -0.15) is 0 Å². The molecular formula is C19H21F2NO5. The van der Waals surface area contributed by atoms with Crippen LogP contribution >= 0.6 is 0 Å². The molecule has 0 bridgehead atoms. The summed E-state index contributed by atoms with van der Waals surface area (Å²) in [7, 11) is 1.26. The molecule has 2 aromatic carbocycles. The number of hydrogen-bond donors (Lipinski definition) is 3. The molecule has 0 heterocycles. The number of hydrogen-bond acceptors (Lipinski definition) is 5. The van der Waals surface area contributed by atoms with Gasteiger partial charge < -0.3 is 25.0 Å². The lowest BCUT2D eigenvalue weighted by Crippen LogP contribution is -2.42. The van der Waals surface area contributed by atoms with E-state index < -0.39 is 36.8 Å². The summed E-state index contributed by atoms with van der Waals surface area (Å²) < 4.78 is 36.1. The fourth-order valence-corrected chi connectivity index (χ4v) is 2.48. The monoisotopic (exact) mass is 381 g/mol. The maximum absolute atomic E-state index is 13.1. The highest BCUT2D eigenvalue weighted by Gasteiger charge is 2.25. The number of carbonyl (C=O) groups excluding carboxylic acids is 1. The molecular weight excluding hydrogens is 360 g/mol. The van der Waals surface area contributed by atoms with Crippen LogP contribution in [0.15, 0.2) is 48.5 Å². The highest BCUT2D eigenvalue weighted by atomic mass is 19.3. The first-order valence-electron chi connectivity index (χ1n) is 8.18. The van der Waals surface area contributed by atoms with Crippen LogP contribution in [0.3, 0.4) is 0 Å². The number of alkyl carbamates (subject to hydrolysis) is 1. The Morgan fingerprint density at radius 1 is 1.19 bits per heavy atom. The van der Waals surface area contributed by atoms with E-state index in [1.807, 2.05) is 6.07 Å². The third kappa shape index (κ3) is 5.63. The van der Waals surface area contributed by atoms with Crippen LogP contribution in [0.2, 0.25) is 0 Å². The second kappa shape index (κ2) is 9.84. The molecule has 0 saturated heterocycles. The maximum atomic E-state index is 13.1. The lowest BCUT2D eigenvalue weighted by Gasteiger charge is -2.23. The Kier molecular flexibility index (Phi) is 7.51. The zero-order valence-electron chi connectivity index (χ0n) is 14.6. The van der Waals surface area contributed by atoms with Crippen LogP contribution in [0.4, 0.5) is 13.6 Å². The molecule has 146 valence electrons. The topological polar surface area (TPSA) is 88.0 Å². The molecule has 0 aliphatic heterocycles. The van der Waals surface area contributed by atoms with E-state index in [0.29, 0.717) is 0 Å². The van der Waals surface area contributed by atoms with Gasteiger partial charge in [-0.15, -0.1) is 0 Å². The molecule has 0 aliphatic rings. The van der Waals surface area contributed by atoms with Crippen LogP contribution in [-0.2, 0) is 11.3 Å². The highest BCUT2D eigenvalue weighted by molar-refractivity contribution is 5.67. The third-order valence-electron chi connectivity index (χ3n) is 3.92. The third-order valence-corrected chi connectivity index (χ3v) is 3.92. The fraction of sp³-hybridized carbons (Fsp3) is 0.316. The summed E-state index contributed by atoms with van der Waals surface area (Å²) in [6.45, 7) is -0.601. The van der Waals surface area contributed by atoms with E-state index in [2.05, 4.69) is 5.32 Å². The second-order valence-electron chi connectivity index (χ2n) is 5.74. The summed E-state index contributed by atoms with van der Waals surface area (Å²) in [5.41, 5.74) is 0.483. The minimum absolute atomic E-state index is 0.0129. The molecule has 6 nitrogen and oxygen atoms in total. The first kappa shape index (κ1) is 20.6. The molecule has 8 heteroatoms. The number of nitrogens with one attached hydrogen (secondary N) is 1. The smallest absolute Gasteiger partial charge is 0.407 e. The molecule has 0 spiro atoms. The Hall–Kier alpha value is -2.71. The molecule has 27 heavy (non-hydrogen) atoms. The highest BCUT2D eigenvalue weighted by Crippen LogP contribution is 2.32. The number of aliphatic hydroxyl groups is 2. The predicted molar refractivity (Wildman–Crippen MR) is 93.5 cm³/mol. The van der Waals surface area contributed by atoms with Gasteiger partial charge in [0.15, 0.2) is 0 Å². The molecule has 2 atom stereocenters. The van der Waals surface area contributed by atoms with Crippen molar-refractivity contribution in [3.8, 4) is 5.75 Å². The number of carbonyl (C=O) groups is 1. The number of halogens is 2. The van der Waals surface area contributed by atoms with Crippen LogP contribution in [0, 0.1) is 0 Å². The number of methoxy groups -OCH3 is 1. The number of benzene rings is 2. The van der Waals surface area contributed by atoms with E-state index >= 15 is 0 Å². The van der Waals surface area contributed by atoms with Gasteiger partial charge in [0.25, 0.3) is 6.43 Å². The van der Waals surface area contributed by atoms with Crippen LogP contribution < -0.4 is 10.1 Å². The SMILES string of the molecule is COc1ccc(C(O)[C@@H](CO)NC(=O)OCc2ccccc2)cc1C(F)F. The van der Waals surface area contributed by atoms with Crippen molar-refractivity contribution in [1.82, 2.24) is 5.32 Å². The van der Waals surface area contributed by atoms with Gasteiger partial charge in [0.1, 0.15) is 18.5 Å². The number of amides is 1. The van der Waals surface area contributed by atoms with Crippen molar-refractivity contribution in [3.05, 3.63) is 65.2 Å². The molecule has 0 aliphatic carbocycles. The standard InChI is InChI=1S/C19H21F2NO5/c1-26-16-8-7-13(9-14(16)18(20)21)17(24)15(10-23)22-19(25)27-11-12-5-3-2-4-6-12/h2-9,15,17-18,23-24H,10-11H2,1H3,(H,22,25)/t15-,17?/m1/s1. The molecule has 0 radical (unpaired) electrons. The van der Waals surface area contributed by atoms with Crippen molar-refractivity contribution in [2.45, 2.75) is 25.2 Å². The van der Waals surface area contributed by atoms with Crippen molar-refractivity contribution in [1.29, 1.82) is 0 Å². The molecule has 0 fully saturated rings. The fourth-order valence-electron chi connectivity index (χ4n) is 2.48. The Morgan fingerprint density at radius 2 is 1.89 bits per heavy atom. The average Bonchev–Trinajstić information content (AvgIpc) is 2.70. The Balaban J connectivity index is 2.03. The van der Waals surface area contributed by atoms with E-state index in [1.54, 1.807) is 24.3 Å². The van der Waals surface area contributed by atoms with Crippen LogP contribution in [0.25, 0.3) is 0 Å². The van der Waals surface area contributed by atoms with E-state index in [0.717, 1.165) is 11.6 Å². The van der Waals surface area contributed by atoms with Crippen molar-refractivity contribution in [3.63, 3.8) is 0 Å². The first-order chi connectivity index (χ1) is 13.0. The van der Waals surface area contributed by atoms with E-state index in [1.165, 1.54) is 19.2 Å². The van der Waals surface area contributed by atoms with Gasteiger partial charge in [0.2, 0.25) is 0 Å². The average molecular weight is 381 g/mol. The summed E-state index contributed by atoms with van der Waals surface area (Å²) in [6, 6.07) is 11.6. The quantitative estimate of drug-likeness (QED) is 0.654. The summed E-state index contributed by atoms with van der Waals surface area (Å²) >= 11 is 0. The van der Waals surface area contributed by atoms with E-state index in [4.69, 9.17) is 9.47 Å². The van der Waals surface area contributed by atoms with E-state index in [-0.39, 0.29) is 17.9 Å². The van der Waals surface area contributed by atoms with Crippen LogP contribution in [0.5, 0.6) is 5.75 Å². The van der Waals surface area contributed by atoms with Gasteiger partial charge in [-0.05, 0) is 23.3 Å². The minimum Gasteiger partial charge on any atom is -0.496 e. The number of aliphatic hydroxyl groups excluding tert-OH is 2. The number of alkyl halides is 2. The summed E-state index contributed by atoms with van der Waals surface area (Å²) in [4.78, 5) is 11.9. The Morgan fingerprint density at radius 3 is 2.48 bits per heavy atom. The van der Waals surface area contributed by atoms with Gasteiger partial charge in [-0.25, -0.2) is 13.6 Å². The van der Waals surface area contributed by atoms with Crippen LogP contribution in [-0.4, -0.2) is 36.1 Å². The van der Waals surface area contributed by atoms with Crippen molar-refractivity contribution in [2.75, 3.05) is 13.7 Å². The molecule has 0 saturated carbocycles. The van der Waals surface area contributed by atoms with Gasteiger partial charge in [0, 0.05) is 0 Å². The van der Waals surface area contributed by atoms with Crippen molar-refractivity contribution < 1.29 is 33.3 Å². The summed E-state index contributed by atoms with van der Waals surface area (Å²) in [5.74, 6) is -0.0169. The minimum atomic E-state index is -2.80. The molecule has 3 N–H and O–H groups in total. The first-order valence-corrected chi connectivity index (χ1v) is 8.18.